The van der Waals surface area contributed by atoms with Crippen LogP contribution in [0.1, 0.15) is 49.4 Å². The van der Waals surface area contributed by atoms with E-state index in [0.29, 0.717) is 24.4 Å². The summed E-state index contributed by atoms with van der Waals surface area (Å²) in [5.41, 5.74) is 1.12. The largest absolute Gasteiger partial charge is 0.466 e. The number of nitrogens with one attached hydrogen (secondary N) is 1. The fourth-order valence-corrected chi connectivity index (χ4v) is 2.48. The highest BCUT2D eigenvalue weighted by Crippen LogP contribution is 2.53. The van der Waals surface area contributed by atoms with E-state index >= 15 is 0 Å². The standard InChI is InChI=1S/C12H15N3O4/c1-2-19-12(16)8-5-7(8)10-11(15(17)18)9(13-14-10)6-3-4-6/h6-8H,2-5H2,1H3,(H,13,14)/t7-,8+/m1/s1. The molecule has 2 fully saturated rings. The van der Waals surface area contributed by atoms with Gasteiger partial charge >= 0.3 is 11.7 Å². The Labute approximate surface area is 109 Å². The molecule has 2 atom stereocenters. The minimum atomic E-state index is -0.382. The molecule has 2 saturated carbocycles. The summed E-state index contributed by atoms with van der Waals surface area (Å²) in [6.45, 7) is 2.08. The Balaban J connectivity index is 1.82. The molecule has 0 spiro atoms. The number of rotatable bonds is 5. The third-order valence-corrected chi connectivity index (χ3v) is 3.69. The number of hydrogen-bond donors (Lipinski definition) is 1. The van der Waals surface area contributed by atoms with Gasteiger partial charge in [-0.15, -0.1) is 0 Å². The predicted octanol–water partition coefficient (Wildman–Crippen LogP) is 1.86. The number of aromatic amines is 1. The zero-order valence-electron chi connectivity index (χ0n) is 10.6. The van der Waals surface area contributed by atoms with Gasteiger partial charge in [0.2, 0.25) is 0 Å². The van der Waals surface area contributed by atoms with E-state index in [2.05, 4.69) is 10.2 Å². The molecule has 1 aromatic rings. The lowest BCUT2D eigenvalue weighted by molar-refractivity contribution is -0.386. The lowest BCUT2D eigenvalue weighted by Crippen LogP contribution is -2.07. The van der Waals surface area contributed by atoms with E-state index in [1.165, 1.54) is 0 Å². The van der Waals surface area contributed by atoms with E-state index in [4.69, 9.17) is 4.74 Å². The molecule has 0 amide bonds. The van der Waals surface area contributed by atoms with E-state index in [1.54, 1.807) is 6.92 Å². The summed E-state index contributed by atoms with van der Waals surface area (Å²) in [5.74, 6) is -0.458. The van der Waals surface area contributed by atoms with Crippen LogP contribution in [0.3, 0.4) is 0 Å². The van der Waals surface area contributed by atoms with Crippen molar-refractivity contribution in [1.29, 1.82) is 0 Å². The van der Waals surface area contributed by atoms with Gasteiger partial charge in [-0.2, -0.15) is 5.10 Å². The quantitative estimate of drug-likeness (QED) is 0.497. The molecule has 19 heavy (non-hydrogen) atoms. The van der Waals surface area contributed by atoms with E-state index in [0.717, 1.165) is 12.8 Å². The molecule has 0 unspecified atom stereocenters. The topological polar surface area (TPSA) is 98.1 Å². The molecule has 0 radical (unpaired) electrons. The summed E-state index contributed by atoms with van der Waals surface area (Å²) < 4.78 is 4.94. The van der Waals surface area contributed by atoms with Crippen molar-refractivity contribution in [3.8, 4) is 0 Å². The second kappa shape index (κ2) is 4.32. The van der Waals surface area contributed by atoms with Gasteiger partial charge in [-0.05, 0) is 26.2 Å². The smallest absolute Gasteiger partial charge is 0.313 e. The molecular weight excluding hydrogens is 250 g/mol. The van der Waals surface area contributed by atoms with Crippen LogP contribution >= 0.6 is 0 Å². The number of ether oxygens (including phenoxy) is 1. The minimum absolute atomic E-state index is 0.0827. The second-order valence-electron chi connectivity index (χ2n) is 5.10. The zero-order chi connectivity index (χ0) is 13.6. The van der Waals surface area contributed by atoms with Crippen molar-refractivity contribution in [2.24, 2.45) is 5.92 Å². The molecular formula is C12H15N3O4. The molecule has 0 aromatic carbocycles. The van der Waals surface area contributed by atoms with Gasteiger partial charge in [0, 0.05) is 11.8 Å². The van der Waals surface area contributed by atoms with Crippen LogP contribution in [0, 0.1) is 16.0 Å². The van der Waals surface area contributed by atoms with Gasteiger partial charge in [-0.3, -0.25) is 20.0 Å². The normalized spacial score (nSPS) is 25.1. The molecule has 0 bridgehead atoms. The number of H-pyrrole nitrogens is 1. The average Bonchev–Trinajstić information content (AvgIpc) is 3.27. The number of aromatic nitrogens is 2. The third kappa shape index (κ3) is 2.09. The van der Waals surface area contributed by atoms with E-state index < -0.39 is 0 Å². The van der Waals surface area contributed by atoms with E-state index in [-0.39, 0.29) is 34.3 Å². The van der Waals surface area contributed by atoms with Crippen LogP contribution in [0.25, 0.3) is 0 Å². The minimum Gasteiger partial charge on any atom is -0.466 e. The van der Waals surface area contributed by atoms with Crippen LogP contribution in [-0.4, -0.2) is 27.7 Å². The van der Waals surface area contributed by atoms with E-state index in [1.807, 2.05) is 0 Å². The Morgan fingerprint density at radius 2 is 2.32 bits per heavy atom. The maximum absolute atomic E-state index is 11.6. The van der Waals surface area contributed by atoms with Gasteiger partial charge in [0.15, 0.2) is 0 Å². The number of nitro groups is 1. The molecule has 102 valence electrons. The number of nitrogens with zero attached hydrogens (tertiary/aromatic N) is 2. The fourth-order valence-electron chi connectivity index (χ4n) is 2.48. The number of hydrogen-bond acceptors (Lipinski definition) is 5. The number of carbonyl (C=O) groups excluding carboxylic acids is 1. The Morgan fingerprint density at radius 1 is 1.58 bits per heavy atom. The molecule has 0 saturated heterocycles. The van der Waals surface area contributed by atoms with Crippen molar-refractivity contribution in [2.75, 3.05) is 6.61 Å². The summed E-state index contributed by atoms with van der Waals surface area (Å²) in [7, 11) is 0. The molecule has 0 aliphatic heterocycles. The Hall–Kier alpha value is -1.92. The highest BCUT2D eigenvalue weighted by molar-refractivity contribution is 5.77. The number of esters is 1. The molecule has 2 aliphatic carbocycles. The fraction of sp³-hybridized carbons (Fsp3) is 0.667. The van der Waals surface area contributed by atoms with Crippen molar-refractivity contribution in [3.05, 3.63) is 21.5 Å². The lowest BCUT2D eigenvalue weighted by atomic mass is 10.1. The van der Waals surface area contributed by atoms with Crippen molar-refractivity contribution in [3.63, 3.8) is 0 Å². The van der Waals surface area contributed by atoms with Crippen LogP contribution in [0.5, 0.6) is 0 Å². The molecule has 3 rings (SSSR count). The Kier molecular flexibility index (Phi) is 2.76. The Morgan fingerprint density at radius 3 is 2.89 bits per heavy atom. The summed E-state index contributed by atoms with van der Waals surface area (Å²) in [6, 6.07) is 0. The Bertz CT molecular complexity index is 535. The van der Waals surface area contributed by atoms with Crippen LogP contribution in [0.15, 0.2) is 0 Å². The van der Waals surface area contributed by atoms with Crippen molar-refractivity contribution in [2.45, 2.75) is 38.0 Å². The highest BCUT2D eigenvalue weighted by atomic mass is 16.6. The van der Waals surface area contributed by atoms with Crippen LogP contribution in [0.2, 0.25) is 0 Å². The number of carbonyl (C=O) groups is 1. The summed E-state index contributed by atoms with van der Waals surface area (Å²) in [5, 5.41) is 18.0. The predicted molar refractivity (Wildman–Crippen MR) is 64.7 cm³/mol. The zero-order valence-corrected chi connectivity index (χ0v) is 10.6. The van der Waals surface area contributed by atoms with Gasteiger partial charge in [0.25, 0.3) is 0 Å². The van der Waals surface area contributed by atoms with Crippen LogP contribution in [-0.2, 0) is 9.53 Å². The maximum atomic E-state index is 11.6. The van der Waals surface area contributed by atoms with Gasteiger partial charge in [-0.25, -0.2) is 0 Å². The maximum Gasteiger partial charge on any atom is 0.313 e. The second-order valence-corrected chi connectivity index (χ2v) is 5.10. The summed E-state index contributed by atoms with van der Waals surface area (Å²) in [6.07, 6.45) is 2.51. The molecule has 1 heterocycles. The third-order valence-electron chi connectivity index (χ3n) is 3.69. The van der Waals surface area contributed by atoms with Crippen LogP contribution in [0.4, 0.5) is 5.69 Å². The first-order chi connectivity index (χ1) is 9.13. The van der Waals surface area contributed by atoms with Crippen LogP contribution < -0.4 is 0 Å². The first-order valence-corrected chi connectivity index (χ1v) is 6.52. The lowest BCUT2D eigenvalue weighted by Gasteiger charge is -1.99. The van der Waals surface area contributed by atoms with Crippen molar-refractivity contribution < 1.29 is 14.5 Å². The monoisotopic (exact) mass is 265 g/mol. The van der Waals surface area contributed by atoms with Crippen molar-refractivity contribution >= 4 is 11.7 Å². The van der Waals surface area contributed by atoms with E-state index in [9.17, 15) is 14.9 Å². The molecule has 2 aliphatic rings. The van der Waals surface area contributed by atoms with Gasteiger partial charge in [0.1, 0.15) is 11.4 Å². The molecule has 1 aromatic heterocycles. The van der Waals surface area contributed by atoms with Gasteiger partial charge < -0.3 is 4.74 Å². The SMILES string of the molecule is CCOC(=O)[C@H]1C[C@H]1c1[nH]nc(C2CC2)c1[N+](=O)[O-]. The first kappa shape index (κ1) is 12.1. The van der Waals surface area contributed by atoms with Gasteiger partial charge in [0.05, 0.1) is 17.4 Å². The molecule has 7 heteroatoms. The average molecular weight is 265 g/mol. The molecule has 7 nitrogen and oxygen atoms in total. The highest BCUT2D eigenvalue weighted by Gasteiger charge is 2.51. The van der Waals surface area contributed by atoms with Crippen molar-refractivity contribution in [1.82, 2.24) is 10.2 Å². The van der Waals surface area contributed by atoms with Gasteiger partial charge in [-0.1, -0.05) is 0 Å². The first-order valence-electron chi connectivity index (χ1n) is 6.52. The summed E-state index contributed by atoms with van der Waals surface area (Å²) in [4.78, 5) is 22.4. The summed E-state index contributed by atoms with van der Waals surface area (Å²) >= 11 is 0. The molecule has 1 N–H and O–H groups in total.